The highest BCUT2D eigenvalue weighted by Gasteiger charge is 2.26. The van der Waals surface area contributed by atoms with Crippen molar-refractivity contribution in [3.8, 4) is 38.8 Å². The molecule has 0 N–H and O–H groups in total. The lowest BCUT2D eigenvalue weighted by atomic mass is 10.0. The van der Waals surface area contributed by atoms with Gasteiger partial charge in [0.05, 0.1) is 6.61 Å². The number of esters is 1. The van der Waals surface area contributed by atoms with Gasteiger partial charge in [0.1, 0.15) is 28.7 Å². The van der Waals surface area contributed by atoms with Gasteiger partial charge in [0.2, 0.25) is 0 Å². The second kappa shape index (κ2) is 8.28. The van der Waals surface area contributed by atoms with E-state index in [0.29, 0.717) is 18.1 Å². The van der Waals surface area contributed by atoms with Crippen LogP contribution in [0.2, 0.25) is 0 Å². The SMILES string of the molecule is CCOC(=O)c1cc2c(s1)-c1cc(OCc3ccccc3)ccc1Oc1ccccc1-2. The van der Waals surface area contributed by atoms with Crippen LogP contribution in [0.25, 0.3) is 21.6 Å². The van der Waals surface area contributed by atoms with E-state index in [1.54, 1.807) is 0 Å². The highest BCUT2D eigenvalue weighted by atomic mass is 32.1. The average molecular weight is 429 g/mol. The van der Waals surface area contributed by atoms with Crippen molar-refractivity contribution >= 4 is 17.3 Å². The van der Waals surface area contributed by atoms with Gasteiger partial charge in [0.15, 0.2) is 0 Å². The highest BCUT2D eigenvalue weighted by Crippen LogP contribution is 2.51. The van der Waals surface area contributed by atoms with Gasteiger partial charge in [-0.05, 0) is 42.8 Å². The molecule has 31 heavy (non-hydrogen) atoms. The van der Waals surface area contributed by atoms with Crippen molar-refractivity contribution in [1.82, 2.24) is 0 Å². The van der Waals surface area contributed by atoms with Gasteiger partial charge >= 0.3 is 5.97 Å². The fourth-order valence-electron chi connectivity index (χ4n) is 3.60. The van der Waals surface area contributed by atoms with E-state index in [1.807, 2.05) is 85.8 Å². The molecule has 1 aromatic heterocycles. The van der Waals surface area contributed by atoms with E-state index < -0.39 is 0 Å². The molecule has 0 aliphatic carbocycles. The van der Waals surface area contributed by atoms with Gasteiger partial charge in [0, 0.05) is 21.6 Å². The summed E-state index contributed by atoms with van der Waals surface area (Å²) in [6.45, 7) is 2.63. The second-order valence-corrected chi connectivity index (χ2v) is 8.16. The van der Waals surface area contributed by atoms with E-state index in [-0.39, 0.29) is 5.97 Å². The molecule has 0 atom stereocenters. The van der Waals surface area contributed by atoms with Crippen LogP contribution < -0.4 is 9.47 Å². The summed E-state index contributed by atoms with van der Waals surface area (Å²) < 4.78 is 17.5. The zero-order valence-corrected chi connectivity index (χ0v) is 17.8. The summed E-state index contributed by atoms with van der Waals surface area (Å²) in [6.07, 6.45) is 0. The van der Waals surface area contributed by atoms with Crippen LogP contribution in [0.1, 0.15) is 22.2 Å². The van der Waals surface area contributed by atoms with Crippen LogP contribution in [0.5, 0.6) is 17.2 Å². The minimum Gasteiger partial charge on any atom is -0.489 e. The summed E-state index contributed by atoms with van der Waals surface area (Å²) in [7, 11) is 0. The maximum atomic E-state index is 12.4. The number of carbonyl (C=O) groups excluding carboxylic acids is 1. The number of ether oxygens (including phenoxy) is 3. The van der Waals surface area contributed by atoms with E-state index >= 15 is 0 Å². The molecule has 0 bridgehead atoms. The Kier molecular flexibility index (Phi) is 5.18. The van der Waals surface area contributed by atoms with Crippen LogP contribution in [0.15, 0.2) is 78.9 Å². The number of rotatable bonds is 5. The lowest BCUT2D eigenvalue weighted by Gasteiger charge is -2.12. The Morgan fingerprint density at radius 2 is 1.65 bits per heavy atom. The molecule has 0 amide bonds. The molecule has 0 saturated heterocycles. The minimum atomic E-state index is -0.308. The molecule has 4 nitrogen and oxygen atoms in total. The standard InChI is InChI=1S/C26H20O4S/c1-2-28-26(27)24-15-20-19-10-6-7-11-22(19)30-23-13-12-18(14-21(23)25(20)31-24)29-16-17-8-4-3-5-9-17/h3-15H,2,16H2,1H3. The lowest BCUT2D eigenvalue weighted by Crippen LogP contribution is -2.01. The predicted octanol–water partition coefficient (Wildman–Crippen LogP) is 6.94. The zero-order valence-electron chi connectivity index (χ0n) is 17.0. The predicted molar refractivity (Wildman–Crippen MR) is 122 cm³/mol. The van der Waals surface area contributed by atoms with Crippen molar-refractivity contribution in [3.63, 3.8) is 0 Å². The zero-order chi connectivity index (χ0) is 21.2. The van der Waals surface area contributed by atoms with Crippen molar-refractivity contribution in [3.05, 3.63) is 89.3 Å². The Morgan fingerprint density at radius 1 is 0.871 bits per heavy atom. The van der Waals surface area contributed by atoms with Crippen molar-refractivity contribution in [1.29, 1.82) is 0 Å². The van der Waals surface area contributed by atoms with Crippen LogP contribution >= 0.6 is 11.3 Å². The molecule has 5 rings (SSSR count). The second-order valence-electron chi connectivity index (χ2n) is 7.10. The Bertz CT molecular complexity index is 1240. The number of benzene rings is 3. The molecular weight excluding hydrogens is 408 g/mol. The fraction of sp³-hybridized carbons (Fsp3) is 0.115. The summed E-state index contributed by atoms with van der Waals surface area (Å²) >= 11 is 1.42. The maximum absolute atomic E-state index is 12.4. The third-order valence-electron chi connectivity index (χ3n) is 5.05. The third-order valence-corrected chi connectivity index (χ3v) is 6.20. The Morgan fingerprint density at radius 3 is 2.48 bits per heavy atom. The first-order valence-electron chi connectivity index (χ1n) is 10.1. The minimum absolute atomic E-state index is 0.308. The summed E-state index contributed by atoms with van der Waals surface area (Å²) in [5.74, 6) is 1.93. The van der Waals surface area contributed by atoms with Crippen LogP contribution in [-0.4, -0.2) is 12.6 Å². The quantitative estimate of drug-likeness (QED) is 0.284. The van der Waals surface area contributed by atoms with Gasteiger partial charge in [-0.3, -0.25) is 0 Å². The monoisotopic (exact) mass is 428 g/mol. The van der Waals surface area contributed by atoms with Gasteiger partial charge in [-0.15, -0.1) is 11.3 Å². The topological polar surface area (TPSA) is 44.8 Å². The van der Waals surface area contributed by atoms with E-state index in [1.165, 1.54) is 11.3 Å². The lowest BCUT2D eigenvalue weighted by molar-refractivity contribution is 0.0532. The summed E-state index contributed by atoms with van der Waals surface area (Å²) in [5.41, 5.74) is 3.91. The Balaban J connectivity index is 1.57. The summed E-state index contributed by atoms with van der Waals surface area (Å²) in [5, 5.41) is 0. The highest BCUT2D eigenvalue weighted by molar-refractivity contribution is 7.18. The number of thiophene rings is 1. The van der Waals surface area contributed by atoms with Gasteiger partial charge in [-0.1, -0.05) is 48.5 Å². The Labute approximate surface area is 184 Å². The van der Waals surface area contributed by atoms with Crippen LogP contribution in [0, 0.1) is 0 Å². The third kappa shape index (κ3) is 3.80. The van der Waals surface area contributed by atoms with Crippen LogP contribution in [0.4, 0.5) is 0 Å². The van der Waals surface area contributed by atoms with Gasteiger partial charge in [-0.2, -0.15) is 0 Å². The van der Waals surface area contributed by atoms with Crippen molar-refractivity contribution in [2.45, 2.75) is 13.5 Å². The molecule has 1 aliphatic heterocycles. The van der Waals surface area contributed by atoms with Crippen molar-refractivity contribution in [2.24, 2.45) is 0 Å². The smallest absolute Gasteiger partial charge is 0.348 e. The molecule has 1 aliphatic rings. The number of hydrogen-bond donors (Lipinski definition) is 0. The van der Waals surface area contributed by atoms with Crippen LogP contribution in [-0.2, 0) is 11.3 Å². The van der Waals surface area contributed by atoms with E-state index in [0.717, 1.165) is 44.4 Å². The maximum Gasteiger partial charge on any atom is 0.348 e. The molecule has 0 radical (unpaired) electrons. The summed E-state index contributed by atoms with van der Waals surface area (Å²) in [6, 6.07) is 25.6. The molecule has 154 valence electrons. The average Bonchev–Trinajstić information content (AvgIpc) is 3.20. The van der Waals surface area contributed by atoms with E-state index in [9.17, 15) is 4.79 Å². The van der Waals surface area contributed by atoms with Crippen LogP contribution in [0.3, 0.4) is 0 Å². The number of hydrogen-bond acceptors (Lipinski definition) is 5. The molecule has 0 spiro atoms. The van der Waals surface area contributed by atoms with Gasteiger partial charge in [-0.25, -0.2) is 4.79 Å². The number of para-hydroxylation sites is 1. The van der Waals surface area contributed by atoms with Gasteiger partial charge in [0.25, 0.3) is 0 Å². The van der Waals surface area contributed by atoms with E-state index in [2.05, 4.69) is 0 Å². The first-order valence-corrected chi connectivity index (χ1v) is 10.9. The molecule has 0 saturated carbocycles. The Hall–Kier alpha value is -3.57. The molecule has 2 heterocycles. The summed E-state index contributed by atoms with van der Waals surface area (Å²) in [4.78, 5) is 14.0. The number of fused-ring (bicyclic) bond motifs is 5. The molecular formula is C26H20O4S. The first-order chi connectivity index (χ1) is 15.2. The van der Waals surface area contributed by atoms with Crippen molar-refractivity contribution in [2.75, 3.05) is 6.61 Å². The van der Waals surface area contributed by atoms with E-state index in [4.69, 9.17) is 14.2 Å². The van der Waals surface area contributed by atoms with Gasteiger partial charge < -0.3 is 14.2 Å². The largest absolute Gasteiger partial charge is 0.489 e. The molecule has 0 fully saturated rings. The van der Waals surface area contributed by atoms with Crippen molar-refractivity contribution < 1.29 is 19.0 Å². The molecule has 5 heteroatoms. The molecule has 0 unspecified atom stereocenters. The molecule has 3 aromatic carbocycles. The fourth-order valence-corrected chi connectivity index (χ4v) is 4.68. The first kappa shape index (κ1) is 19.4. The number of carbonyl (C=O) groups is 1. The molecule has 4 aromatic rings. The normalized spacial score (nSPS) is 11.4.